The van der Waals surface area contributed by atoms with Crippen molar-refractivity contribution in [2.75, 3.05) is 26.2 Å². The number of hydrogen-bond donors (Lipinski definition) is 0. The van der Waals surface area contributed by atoms with Crippen molar-refractivity contribution < 1.29 is 17.6 Å². The van der Waals surface area contributed by atoms with E-state index in [-0.39, 0.29) is 16.2 Å². The number of rotatable bonds is 4. The van der Waals surface area contributed by atoms with Gasteiger partial charge in [-0.2, -0.15) is 4.31 Å². The van der Waals surface area contributed by atoms with E-state index in [1.807, 2.05) is 4.90 Å². The number of likely N-dealkylation sites (tertiary alicyclic amines) is 1. The lowest BCUT2D eigenvalue weighted by atomic mass is 9.78. The summed E-state index contributed by atoms with van der Waals surface area (Å²) in [6.07, 6.45) is 1.77. The molecular formula is C19H27FN2O3S. The van der Waals surface area contributed by atoms with Gasteiger partial charge in [-0.15, -0.1) is 0 Å². The monoisotopic (exact) mass is 382 g/mol. The van der Waals surface area contributed by atoms with Gasteiger partial charge in [0.15, 0.2) is 0 Å². The summed E-state index contributed by atoms with van der Waals surface area (Å²) in [7, 11) is -3.85. The lowest BCUT2D eigenvalue weighted by Gasteiger charge is -2.38. The summed E-state index contributed by atoms with van der Waals surface area (Å²) in [4.78, 5) is 14.0. The van der Waals surface area contributed by atoms with Crippen LogP contribution in [0.5, 0.6) is 0 Å². The highest BCUT2D eigenvalue weighted by atomic mass is 32.2. The maximum atomic E-state index is 14.1. The largest absolute Gasteiger partial charge is 0.342 e. The second kappa shape index (κ2) is 6.93. The van der Waals surface area contributed by atoms with Crippen molar-refractivity contribution in [2.24, 2.45) is 11.3 Å². The Kier molecular flexibility index (Phi) is 5.14. The highest BCUT2D eigenvalue weighted by Crippen LogP contribution is 2.42. The van der Waals surface area contributed by atoms with Crippen molar-refractivity contribution in [1.29, 1.82) is 0 Å². The number of aryl methyl sites for hydroxylation is 1. The molecule has 0 bridgehead atoms. The Morgan fingerprint density at radius 2 is 1.88 bits per heavy atom. The fraction of sp³-hybridized carbons (Fsp3) is 0.632. The van der Waals surface area contributed by atoms with Crippen LogP contribution in [0.15, 0.2) is 23.1 Å². The van der Waals surface area contributed by atoms with Crippen LogP contribution in [0.3, 0.4) is 0 Å². The Labute approximate surface area is 155 Å². The molecule has 3 rings (SSSR count). The van der Waals surface area contributed by atoms with Gasteiger partial charge in [0.2, 0.25) is 15.9 Å². The van der Waals surface area contributed by atoms with Crippen molar-refractivity contribution in [3.8, 4) is 0 Å². The molecule has 1 aromatic carbocycles. The summed E-state index contributed by atoms with van der Waals surface area (Å²) < 4.78 is 41.1. The zero-order valence-electron chi connectivity index (χ0n) is 15.7. The molecule has 2 fully saturated rings. The number of piperidine rings is 1. The first kappa shape index (κ1) is 19.3. The van der Waals surface area contributed by atoms with E-state index >= 15 is 0 Å². The van der Waals surface area contributed by atoms with Crippen LogP contribution in [0, 0.1) is 24.1 Å². The van der Waals surface area contributed by atoms with E-state index < -0.39 is 15.8 Å². The van der Waals surface area contributed by atoms with Gasteiger partial charge in [-0.05, 0) is 48.8 Å². The molecule has 144 valence electrons. The summed E-state index contributed by atoms with van der Waals surface area (Å²) in [5.74, 6) is -0.131. The number of halogens is 1. The molecule has 1 spiro atoms. The molecule has 26 heavy (non-hydrogen) atoms. The van der Waals surface area contributed by atoms with Crippen LogP contribution in [0.1, 0.15) is 38.7 Å². The van der Waals surface area contributed by atoms with Crippen molar-refractivity contribution in [2.45, 2.75) is 44.9 Å². The van der Waals surface area contributed by atoms with E-state index in [1.165, 1.54) is 16.4 Å². The van der Waals surface area contributed by atoms with Gasteiger partial charge in [0.1, 0.15) is 10.7 Å². The van der Waals surface area contributed by atoms with E-state index in [4.69, 9.17) is 0 Å². The third-order valence-corrected chi connectivity index (χ3v) is 7.39. The summed E-state index contributed by atoms with van der Waals surface area (Å²) in [5.41, 5.74) is 0.576. The molecule has 0 aromatic heterocycles. The third-order valence-electron chi connectivity index (χ3n) is 5.48. The van der Waals surface area contributed by atoms with Crippen molar-refractivity contribution in [3.63, 3.8) is 0 Å². The molecule has 0 atom stereocenters. The van der Waals surface area contributed by atoms with Crippen molar-refractivity contribution in [1.82, 2.24) is 9.21 Å². The fourth-order valence-corrected chi connectivity index (χ4v) is 5.66. The summed E-state index contributed by atoms with van der Waals surface area (Å²) in [5, 5.41) is 0. The molecule has 1 amide bonds. The van der Waals surface area contributed by atoms with E-state index in [0.29, 0.717) is 50.4 Å². The highest BCUT2D eigenvalue weighted by Gasteiger charge is 2.46. The predicted octanol–water partition coefficient (Wildman–Crippen LogP) is 2.79. The molecule has 0 unspecified atom stereocenters. The average molecular weight is 383 g/mol. The quantitative estimate of drug-likeness (QED) is 0.805. The van der Waals surface area contributed by atoms with Gasteiger partial charge in [0.05, 0.1) is 0 Å². The first-order valence-corrected chi connectivity index (χ1v) is 10.6. The van der Waals surface area contributed by atoms with Crippen LogP contribution in [-0.2, 0) is 14.8 Å². The van der Waals surface area contributed by atoms with E-state index in [1.54, 1.807) is 13.0 Å². The Morgan fingerprint density at radius 3 is 2.50 bits per heavy atom. The van der Waals surface area contributed by atoms with Crippen LogP contribution < -0.4 is 0 Å². The third kappa shape index (κ3) is 3.64. The lowest BCUT2D eigenvalue weighted by molar-refractivity contribution is -0.128. The Morgan fingerprint density at radius 1 is 1.23 bits per heavy atom. The highest BCUT2D eigenvalue weighted by molar-refractivity contribution is 7.89. The van der Waals surface area contributed by atoms with Gasteiger partial charge in [0.25, 0.3) is 0 Å². The van der Waals surface area contributed by atoms with Crippen LogP contribution in [-0.4, -0.2) is 49.7 Å². The summed E-state index contributed by atoms with van der Waals surface area (Å²) >= 11 is 0. The predicted molar refractivity (Wildman–Crippen MR) is 97.6 cm³/mol. The van der Waals surface area contributed by atoms with Gasteiger partial charge < -0.3 is 4.90 Å². The standard InChI is InChI=1S/C19H27FN2O3S/c1-14(2)12-21-13-19(11-18(21)23)6-8-22(9-7-19)26(24,25)17-10-15(3)4-5-16(17)20/h4-5,10,14H,6-9,11-13H2,1-3H3. The minimum absolute atomic E-state index is 0.136. The second-order valence-electron chi connectivity index (χ2n) is 8.18. The molecule has 5 nitrogen and oxygen atoms in total. The van der Waals surface area contributed by atoms with Crippen LogP contribution in [0.2, 0.25) is 0 Å². The van der Waals surface area contributed by atoms with E-state index in [2.05, 4.69) is 13.8 Å². The van der Waals surface area contributed by atoms with E-state index in [0.717, 1.165) is 6.54 Å². The molecule has 0 radical (unpaired) electrons. The summed E-state index contributed by atoms with van der Waals surface area (Å²) in [6, 6.07) is 4.15. The molecule has 2 aliphatic heterocycles. The first-order chi connectivity index (χ1) is 12.1. The molecular weight excluding hydrogens is 355 g/mol. The normalized spacial score (nSPS) is 21.1. The Bertz CT molecular complexity index is 799. The van der Waals surface area contributed by atoms with Crippen molar-refractivity contribution >= 4 is 15.9 Å². The van der Waals surface area contributed by atoms with E-state index in [9.17, 15) is 17.6 Å². The Hall–Kier alpha value is -1.47. The molecule has 2 aliphatic rings. The molecule has 0 saturated carbocycles. The second-order valence-corrected chi connectivity index (χ2v) is 10.1. The number of carbonyl (C=O) groups excluding carboxylic acids is 1. The maximum Gasteiger partial charge on any atom is 0.245 e. The van der Waals surface area contributed by atoms with Gasteiger partial charge >= 0.3 is 0 Å². The van der Waals surface area contributed by atoms with Crippen molar-refractivity contribution in [3.05, 3.63) is 29.6 Å². The number of amides is 1. The number of nitrogens with zero attached hydrogens (tertiary/aromatic N) is 2. The van der Waals surface area contributed by atoms with Gasteiger partial charge in [-0.25, -0.2) is 12.8 Å². The zero-order valence-corrected chi connectivity index (χ0v) is 16.5. The van der Waals surface area contributed by atoms with Gasteiger partial charge in [-0.1, -0.05) is 19.9 Å². The molecule has 0 N–H and O–H groups in total. The first-order valence-electron chi connectivity index (χ1n) is 9.17. The smallest absolute Gasteiger partial charge is 0.245 e. The van der Waals surface area contributed by atoms with Crippen LogP contribution >= 0.6 is 0 Å². The average Bonchev–Trinajstić information content (AvgIpc) is 2.84. The SMILES string of the molecule is Cc1ccc(F)c(S(=O)(=O)N2CCC3(CC2)CC(=O)N(CC(C)C)C3)c1. The molecule has 1 aromatic rings. The number of hydrogen-bond acceptors (Lipinski definition) is 3. The molecule has 2 heterocycles. The molecule has 2 saturated heterocycles. The number of carbonyl (C=O) groups is 1. The van der Waals surface area contributed by atoms with Gasteiger partial charge in [0, 0.05) is 32.6 Å². The Balaban J connectivity index is 1.72. The molecule has 0 aliphatic carbocycles. The lowest BCUT2D eigenvalue weighted by Crippen LogP contribution is -2.44. The van der Waals surface area contributed by atoms with Crippen LogP contribution in [0.25, 0.3) is 0 Å². The zero-order chi connectivity index (χ0) is 19.1. The summed E-state index contributed by atoms with van der Waals surface area (Å²) in [6.45, 7) is 8.04. The minimum Gasteiger partial charge on any atom is -0.342 e. The van der Waals surface area contributed by atoms with Gasteiger partial charge in [-0.3, -0.25) is 4.79 Å². The fourth-order valence-electron chi connectivity index (χ4n) is 4.07. The maximum absolute atomic E-state index is 14.1. The van der Waals surface area contributed by atoms with Crippen LogP contribution in [0.4, 0.5) is 4.39 Å². The molecule has 7 heteroatoms. The number of benzene rings is 1. The minimum atomic E-state index is -3.85. The number of sulfonamides is 1. The topological polar surface area (TPSA) is 57.7 Å².